The van der Waals surface area contributed by atoms with Crippen molar-refractivity contribution < 1.29 is 0 Å². The van der Waals surface area contributed by atoms with Crippen molar-refractivity contribution in [2.45, 2.75) is 6.54 Å². The van der Waals surface area contributed by atoms with Crippen LogP contribution in [0, 0.1) is 0 Å². The van der Waals surface area contributed by atoms with Crippen molar-refractivity contribution in [2.24, 2.45) is 0 Å². The standard InChI is InChI=1S/C15H12N6/c1-3-12(11-4-2-6-16-13(11)5-1)14-9-21(20-19-14)10-15-17-7-8-18-15/h1-9H,10H2,(H,17,18). The number of benzene rings is 1. The second-order valence-corrected chi connectivity index (χ2v) is 4.71. The van der Waals surface area contributed by atoms with Gasteiger partial charge in [0.15, 0.2) is 0 Å². The van der Waals surface area contributed by atoms with E-state index in [1.807, 2.05) is 36.5 Å². The van der Waals surface area contributed by atoms with Gasteiger partial charge in [0.1, 0.15) is 18.1 Å². The number of imidazole rings is 1. The Balaban J connectivity index is 1.74. The number of pyridine rings is 1. The molecular formula is C15H12N6. The molecule has 0 fully saturated rings. The Kier molecular flexibility index (Phi) is 2.71. The summed E-state index contributed by atoms with van der Waals surface area (Å²) in [6.45, 7) is 0.572. The van der Waals surface area contributed by atoms with E-state index >= 15 is 0 Å². The molecule has 0 aliphatic rings. The van der Waals surface area contributed by atoms with Crippen molar-refractivity contribution in [3.05, 3.63) is 60.9 Å². The third-order valence-electron chi connectivity index (χ3n) is 3.33. The van der Waals surface area contributed by atoms with Crippen LogP contribution in [0.5, 0.6) is 0 Å². The largest absolute Gasteiger partial charge is 0.347 e. The van der Waals surface area contributed by atoms with Gasteiger partial charge in [-0.2, -0.15) is 0 Å². The summed E-state index contributed by atoms with van der Waals surface area (Å²) in [5.74, 6) is 0.853. The number of aromatic amines is 1. The minimum Gasteiger partial charge on any atom is -0.347 e. The zero-order valence-corrected chi connectivity index (χ0v) is 11.1. The normalized spacial score (nSPS) is 11.0. The third kappa shape index (κ3) is 2.16. The molecule has 0 aliphatic heterocycles. The van der Waals surface area contributed by atoms with Gasteiger partial charge in [-0.3, -0.25) is 4.98 Å². The molecule has 0 radical (unpaired) electrons. The topological polar surface area (TPSA) is 72.3 Å². The van der Waals surface area contributed by atoms with Crippen LogP contribution in [0.2, 0.25) is 0 Å². The molecule has 6 heteroatoms. The van der Waals surface area contributed by atoms with E-state index in [2.05, 4.69) is 25.3 Å². The Labute approximate surface area is 120 Å². The van der Waals surface area contributed by atoms with Crippen LogP contribution in [-0.4, -0.2) is 29.9 Å². The molecular weight excluding hydrogens is 264 g/mol. The summed E-state index contributed by atoms with van der Waals surface area (Å²) in [5.41, 5.74) is 2.82. The number of fused-ring (bicyclic) bond motifs is 1. The van der Waals surface area contributed by atoms with Gasteiger partial charge in [0, 0.05) is 29.5 Å². The highest BCUT2D eigenvalue weighted by Crippen LogP contribution is 2.25. The van der Waals surface area contributed by atoms with Crippen LogP contribution >= 0.6 is 0 Å². The highest BCUT2D eigenvalue weighted by Gasteiger charge is 2.08. The molecule has 0 unspecified atom stereocenters. The Bertz CT molecular complexity index is 873. The van der Waals surface area contributed by atoms with Gasteiger partial charge in [-0.15, -0.1) is 5.10 Å². The average molecular weight is 276 g/mol. The molecule has 0 spiro atoms. The highest BCUT2D eigenvalue weighted by atomic mass is 15.4. The average Bonchev–Trinajstić information content (AvgIpc) is 3.19. The van der Waals surface area contributed by atoms with Gasteiger partial charge in [-0.1, -0.05) is 23.4 Å². The van der Waals surface area contributed by atoms with Gasteiger partial charge in [-0.25, -0.2) is 9.67 Å². The number of hydrogen-bond acceptors (Lipinski definition) is 4. The van der Waals surface area contributed by atoms with E-state index in [1.165, 1.54) is 0 Å². The second-order valence-electron chi connectivity index (χ2n) is 4.71. The van der Waals surface area contributed by atoms with E-state index in [0.717, 1.165) is 28.0 Å². The fraction of sp³-hybridized carbons (Fsp3) is 0.0667. The first kappa shape index (κ1) is 11.8. The van der Waals surface area contributed by atoms with Crippen molar-refractivity contribution >= 4 is 10.9 Å². The van der Waals surface area contributed by atoms with Gasteiger partial charge in [0.2, 0.25) is 0 Å². The smallest absolute Gasteiger partial charge is 0.127 e. The van der Waals surface area contributed by atoms with Gasteiger partial charge >= 0.3 is 0 Å². The fourth-order valence-electron chi connectivity index (χ4n) is 2.36. The summed E-state index contributed by atoms with van der Waals surface area (Å²) in [6, 6.07) is 9.98. The van der Waals surface area contributed by atoms with Crippen LogP contribution in [0.25, 0.3) is 22.2 Å². The highest BCUT2D eigenvalue weighted by molar-refractivity contribution is 5.93. The maximum absolute atomic E-state index is 4.36. The number of rotatable bonds is 3. The van der Waals surface area contributed by atoms with E-state index in [1.54, 1.807) is 23.3 Å². The SMILES string of the molecule is c1cc(-c2cn(Cc3ncc[nH]3)nn2)c2cccnc2c1. The summed E-state index contributed by atoms with van der Waals surface area (Å²) in [4.78, 5) is 11.6. The van der Waals surface area contributed by atoms with E-state index in [4.69, 9.17) is 0 Å². The molecule has 4 aromatic rings. The lowest BCUT2D eigenvalue weighted by Crippen LogP contribution is -2.01. The summed E-state index contributed by atoms with van der Waals surface area (Å²) in [6.07, 6.45) is 7.23. The fourth-order valence-corrected chi connectivity index (χ4v) is 2.36. The molecule has 0 amide bonds. The molecule has 1 aromatic carbocycles. The van der Waals surface area contributed by atoms with Crippen LogP contribution in [-0.2, 0) is 6.54 Å². The first-order valence-corrected chi connectivity index (χ1v) is 6.63. The predicted octanol–water partition coefficient (Wildman–Crippen LogP) is 2.26. The number of nitrogens with zero attached hydrogens (tertiary/aromatic N) is 5. The van der Waals surface area contributed by atoms with Crippen molar-refractivity contribution in [2.75, 3.05) is 0 Å². The first-order chi connectivity index (χ1) is 10.4. The van der Waals surface area contributed by atoms with E-state index in [-0.39, 0.29) is 0 Å². The lowest BCUT2D eigenvalue weighted by Gasteiger charge is -2.01. The summed E-state index contributed by atoms with van der Waals surface area (Å²) < 4.78 is 1.77. The molecule has 1 N–H and O–H groups in total. The van der Waals surface area contributed by atoms with Gasteiger partial charge in [-0.05, 0) is 12.1 Å². The molecule has 0 bridgehead atoms. The van der Waals surface area contributed by atoms with Crippen LogP contribution in [0.4, 0.5) is 0 Å². The van der Waals surface area contributed by atoms with Crippen LogP contribution < -0.4 is 0 Å². The molecule has 21 heavy (non-hydrogen) atoms. The Morgan fingerprint density at radius 3 is 2.95 bits per heavy atom. The lowest BCUT2D eigenvalue weighted by atomic mass is 10.1. The monoisotopic (exact) mass is 276 g/mol. The molecule has 3 heterocycles. The van der Waals surface area contributed by atoms with Crippen molar-refractivity contribution in [3.8, 4) is 11.3 Å². The van der Waals surface area contributed by atoms with Crippen molar-refractivity contribution in [3.63, 3.8) is 0 Å². The minimum absolute atomic E-state index is 0.572. The van der Waals surface area contributed by atoms with E-state index in [9.17, 15) is 0 Å². The molecule has 4 rings (SSSR count). The maximum atomic E-state index is 4.36. The number of hydrogen-bond donors (Lipinski definition) is 1. The number of nitrogens with one attached hydrogen (secondary N) is 1. The van der Waals surface area contributed by atoms with Crippen molar-refractivity contribution in [1.82, 2.24) is 29.9 Å². The predicted molar refractivity (Wildman–Crippen MR) is 78.4 cm³/mol. The molecule has 6 nitrogen and oxygen atoms in total. The quantitative estimate of drug-likeness (QED) is 0.623. The summed E-state index contributed by atoms with van der Waals surface area (Å²) >= 11 is 0. The molecule has 0 saturated heterocycles. The van der Waals surface area contributed by atoms with Gasteiger partial charge < -0.3 is 4.98 Å². The molecule has 0 saturated carbocycles. The van der Waals surface area contributed by atoms with E-state index in [0.29, 0.717) is 6.54 Å². The van der Waals surface area contributed by atoms with Crippen LogP contribution in [0.1, 0.15) is 5.82 Å². The molecule has 102 valence electrons. The summed E-state index contributed by atoms with van der Waals surface area (Å²) in [5, 5.41) is 9.50. The Morgan fingerprint density at radius 2 is 2.05 bits per heavy atom. The van der Waals surface area contributed by atoms with Gasteiger partial charge in [0.25, 0.3) is 0 Å². The number of aromatic nitrogens is 6. The van der Waals surface area contributed by atoms with Crippen LogP contribution in [0.3, 0.4) is 0 Å². The zero-order valence-electron chi connectivity index (χ0n) is 11.1. The van der Waals surface area contributed by atoms with Crippen molar-refractivity contribution in [1.29, 1.82) is 0 Å². The molecule has 0 aliphatic carbocycles. The maximum Gasteiger partial charge on any atom is 0.127 e. The Morgan fingerprint density at radius 1 is 1.05 bits per heavy atom. The number of H-pyrrole nitrogens is 1. The van der Waals surface area contributed by atoms with Crippen LogP contribution in [0.15, 0.2) is 55.1 Å². The first-order valence-electron chi connectivity index (χ1n) is 6.63. The molecule has 3 aromatic heterocycles. The van der Waals surface area contributed by atoms with E-state index < -0.39 is 0 Å². The molecule has 0 atom stereocenters. The second kappa shape index (κ2) is 4.82. The van der Waals surface area contributed by atoms with Gasteiger partial charge in [0.05, 0.1) is 11.7 Å². The lowest BCUT2D eigenvalue weighted by molar-refractivity contribution is 0.629. The summed E-state index contributed by atoms with van der Waals surface area (Å²) in [7, 11) is 0. The third-order valence-corrected chi connectivity index (χ3v) is 3.33. The minimum atomic E-state index is 0.572. The zero-order chi connectivity index (χ0) is 14.1. The Hall–Kier alpha value is -3.02.